The number of carbonyl (C=O) groups is 2. The lowest BCUT2D eigenvalue weighted by Crippen LogP contribution is -2.55. The van der Waals surface area contributed by atoms with E-state index < -0.39 is 0 Å². The fourth-order valence-electron chi connectivity index (χ4n) is 4.29. The molecule has 3 rings (SSSR count). The Labute approximate surface area is 174 Å². The van der Waals surface area contributed by atoms with Gasteiger partial charge in [0.1, 0.15) is 12.6 Å². The van der Waals surface area contributed by atoms with Crippen LogP contribution in [0.25, 0.3) is 0 Å². The highest BCUT2D eigenvalue weighted by atomic mass is 16.5. The van der Waals surface area contributed by atoms with Crippen molar-refractivity contribution in [3.8, 4) is 0 Å². The van der Waals surface area contributed by atoms with Gasteiger partial charge in [0, 0.05) is 53.4 Å². The van der Waals surface area contributed by atoms with Crippen molar-refractivity contribution < 1.29 is 14.3 Å². The van der Waals surface area contributed by atoms with Gasteiger partial charge in [-0.25, -0.2) is 4.99 Å². The minimum atomic E-state index is -0.253. The van der Waals surface area contributed by atoms with Gasteiger partial charge in [0.25, 0.3) is 5.91 Å². The van der Waals surface area contributed by atoms with Gasteiger partial charge in [0.15, 0.2) is 5.96 Å². The number of nitrogens with one attached hydrogen (secondary N) is 1. The molecule has 29 heavy (non-hydrogen) atoms. The average molecular weight is 408 g/mol. The van der Waals surface area contributed by atoms with Crippen molar-refractivity contribution in [1.82, 2.24) is 20.0 Å². The fourth-order valence-corrected chi connectivity index (χ4v) is 4.29. The number of hydrogen-bond donors (Lipinski definition) is 1. The number of guanidine groups is 1. The first-order valence-corrected chi connectivity index (χ1v) is 11.2. The van der Waals surface area contributed by atoms with Gasteiger partial charge in [-0.1, -0.05) is 19.3 Å². The Kier molecular flexibility index (Phi) is 8.15. The number of hydrogen-bond acceptors (Lipinski definition) is 4. The monoisotopic (exact) mass is 407 g/mol. The van der Waals surface area contributed by atoms with Crippen molar-refractivity contribution in [3.63, 3.8) is 0 Å². The molecule has 1 N–H and O–H groups in total. The Bertz CT molecular complexity index is 575. The number of ether oxygens (including phenoxy) is 1. The van der Waals surface area contributed by atoms with Crippen LogP contribution in [0.4, 0.5) is 0 Å². The van der Waals surface area contributed by atoms with Crippen LogP contribution in [-0.2, 0) is 14.3 Å². The second-order valence-electron chi connectivity index (χ2n) is 8.63. The molecule has 164 valence electrons. The lowest BCUT2D eigenvalue weighted by atomic mass is 9.89. The van der Waals surface area contributed by atoms with Crippen LogP contribution >= 0.6 is 0 Å². The summed E-state index contributed by atoms with van der Waals surface area (Å²) < 4.78 is 5.55. The maximum Gasteiger partial charge on any atom is 0.251 e. The molecule has 2 heterocycles. The number of nitrogens with zero attached hydrogens (tertiary/aromatic N) is 4. The molecule has 2 amide bonds. The molecule has 0 spiro atoms. The molecule has 1 unspecified atom stereocenters. The Morgan fingerprint density at radius 3 is 2.31 bits per heavy atom. The standard InChI is InChI=1S/C21H37N5O3/c1-24(2)19(27)16-23-21(22-15-17-7-4-3-5-8-17)26-12-10-25(11-13-26)20(28)18-9-6-14-29-18/h17-18H,3-16H2,1-2H3,(H,22,23). The molecule has 1 atom stereocenters. The Morgan fingerprint density at radius 1 is 1.00 bits per heavy atom. The third kappa shape index (κ3) is 6.32. The van der Waals surface area contributed by atoms with Crippen molar-refractivity contribution in [3.05, 3.63) is 0 Å². The second-order valence-corrected chi connectivity index (χ2v) is 8.63. The Balaban J connectivity index is 1.55. The van der Waals surface area contributed by atoms with Crippen LogP contribution in [0.5, 0.6) is 0 Å². The van der Waals surface area contributed by atoms with Gasteiger partial charge in [-0.05, 0) is 31.6 Å². The molecular weight excluding hydrogens is 370 g/mol. The molecule has 0 aromatic heterocycles. The van der Waals surface area contributed by atoms with Crippen molar-refractivity contribution >= 4 is 17.8 Å². The second kappa shape index (κ2) is 10.8. The lowest BCUT2D eigenvalue weighted by Gasteiger charge is -2.38. The van der Waals surface area contributed by atoms with E-state index in [2.05, 4.69) is 15.2 Å². The van der Waals surface area contributed by atoms with Gasteiger partial charge >= 0.3 is 0 Å². The van der Waals surface area contributed by atoms with E-state index in [-0.39, 0.29) is 24.5 Å². The maximum atomic E-state index is 12.6. The molecule has 1 aliphatic carbocycles. The molecule has 0 aromatic carbocycles. The zero-order chi connectivity index (χ0) is 20.6. The number of piperazine rings is 1. The van der Waals surface area contributed by atoms with Crippen LogP contribution in [0, 0.1) is 5.92 Å². The minimum Gasteiger partial charge on any atom is -0.368 e. The first kappa shape index (κ1) is 21.9. The number of amides is 2. The van der Waals surface area contributed by atoms with Crippen LogP contribution < -0.4 is 5.32 Å². The van der Waals surface area contributed by atoms with Gasteiger partial charge in [-0.15, -0.1) is 0 Å². The van der Waals surface area contributed by atoms with E-state index in [1.54, 1.807) is 19.0 Å². The summed E-state index contributed by atoms with van der Waals surface area (Å²) in [6, 6.07) is 0. The van der Waals surface area contributed by atoms with E-state index >= 15 is 0 Å². The number of aliphatic imine (C=N–C) groups is 1. The normalized spacial score (nSPS) is 23.9. The smallest absolute Gasteiger partial charge is 0.251 e. The number of likely N-dealkylation sites (N-methyl/N-ethyl adjacent to an activating group) is 1. The highest BCUT2D eigenvalue weighted by molar-refractivity contribution is 5.85. The van der Waals surface area contributed by atoms with Gasteiger partial charge in [0.05, 0.1) is 0 Å². The highest BCUT2D eigenvalue weighted by Crippen LogP contribution is 2.23. The molecule has 1 saturated carbocycles. The SMILES string of the molecule is CN(C)C(=O)CN=C(NCC1CCCCC1)N1CCN(C(=O)C2CCCO2)CC1. The summed E-state index contributed by atoms with van der Waals surface area (Å²) in [5, 5.41) is 3.53. The summed E-state index contributed by atoms with van der Waals surface area (Å²) in [4.78, 5) is 34.9. The Hall–Kier alpha value is -1.83. The number of rotatable bonds is 5. The minimum absolute atomic E-state index is 0.00541. The van der Waals surface area contributed by atoms with Gasteiger partial charge in [0.2, 0.25) is 5.91 Å². The van der Waals surface area contributed by atoms with E-state index in [4.69, 9.17) is 4.74 Å². The number of carbonyl (C=O) groups excluding carboxylic acids is 2. The van der Waals surface area contributed by atoms with Crippen molar-refractivity contribution in [2.75, 3.05) is 60.0 Å². The van der Waals surface area contributed by atoms with Crippen LogP contribution in [0.15, 0.2) is 4.99 Å². The van der Waals surface area contributed by atoms with E-state index in [1.807, 2.05) is 4.90 Å². The van der Waals surface area contributed by atoms with Crippen LogP contribution in [-0.4, -0.2) is 98.5 Å². The molecule has 0 radical (unpaired) electrons. The molecule has 8 heteroatoms. The molecule has 2 saturated heterocycles. The summed E-state index contributed by atoms with van der Waals surface area (Å²) in [5.74, 6) is 1.60. The fraction of sp³-hybridized carbons (Fsp3) is 0.857. The van der Waals surface area contributed by atoms with Crippen LogP contribution in [0.2, 0.25) is 0 Å². The van der Waals surface area contributed by atoms with Crippen molar-refractivity contribution in [1.29, 1.82) is 0 Å². The summed E-state index contributed by atoms with van der Waals surface area (Å²) >= 11 is 0. The molecular formula is C21H37N5O3. The lowest BCUT2D eigenvalue weighted by molar-refractivity contribution is -0.142. The molecule has 8 nitrogen and oxygen atoms in total. The largest absolute Gasteiger partial charge is 0.368 e. The van der Waals surface area contributed by atoms with Gasteiger partial charge in [-0.2, -0.15) is 0 Å². The van der Waals surface area contributed by atoms with E-state index in [9.17, 15) is 9.59 Å². The molecule has 0 bridgehead atoms. The summed E-state index contributed by atoms with van der Waals surface area (Å²) in [6.07, 6.45) is 8.04. The first-order chi connectivity index (χ1) is 14.0. The average Bonchev–Trinajstić information content (AvgIpc) is 3.29. The molecule has 3 fully saturated rings. The molecule has 2 aliphatic heterocycles. The summed E-state index contributed by atoms with van der Waals surface area (Å²) in [5.41, 5.74) is 0. The van der Waals surface area contributed by atoms with Gasteiger partial charge in [-0.3, -0.25) is 9.59 Å². The molecule has 0 aromatic rings. The predicted molar refractivity (Wildman–Crippen MR) is 113 cm³/mol. The van der Waals surface area contributed by atoms with Crippen molar-refractivity contribution in [2.45, 2.75) is 51.0 Å². The summed E-state index contributed by atoms with van der Waals surface area (Å²) in [7, 11) is 3.50. The topological polar surface area (TPSA) is 77.5 Å². The molecule has 3 aliphatic rings. The predicted octanol–water partition coefficient (Wildman–Crippen LogP) is 0.924. The summed E-state index contributed by atoms with van der Waals surface area (Å²) in [6.45, 7) is 4.54. The van der Waals surface area contributed by atoms with E-state index in [0.29, 0.717) is 25.6 Å². The van der Waals surface area contributed by atoms with Crippen LogP contribution in [0.1, 0.15) is 44.9 Å². The highest BCUT2D eigenvalue weighted by Gasteiger charge is 2.31. The van der Waals surface area contributed by atoms with Crippen molar-refractivity contribution in [2.24, 2.45) is 10.9 Å². The van der Waals surface area contributed by atoms with E-state index in [1.165, 1.54) is 32.1 Å². The quantitative estimate of drug-likeness (QED) is 0.542. The van der Waals surface area contributed by atoms with Gasteiger partial charge < -0.3 is 24.8 Å². The van der Waals surface area contributed by atoms with Crippen LogP contribution in [0.3, 0.4) is 0 Å². The third-order valence-corrected chi connectivity index (χ3v) is 6.23. The third-order valence-electron chi connectivity index (χ3n) is 6.23. The first-order valence-electron chi connectivity index (χ1n) is 11.2. The zero-order valence-corrected chi connectivity index (χ0v) is 18.1. The van der Waals surface area contributed by atoms with E-state index in [0.717, 1.165) is 38.4 Å². The maximum absolute atomic E-state index is 12.6. The Morgan fingerprint density at radius 2 is 1.69 bits per heavy atom. The zero-order valence-electron chi connectivity index (χ0n) is 18.1.